The van der Waals surface area contributed by atoms with E-state index in [0.717, 1.165) is 26.1 Å². The van der Waals surface area contributed by atoms with E-state index in [9.17, 15) is 0 Å². The number of rotatable bonds is 8. The van der Waals surface area contributed by atoms with Gasteiger partial charge >= 0.3 is 0 Å². The van der Waals surface area contributed by atoms with Gasteiger partial charge in [0.25, 0.3) is 0 Å². The van der Waals surface area contributed by atoms with E-state index in [2.05, 4.69) is 42.6 Å². The molecule has 0 amide bonds. The maximum absolute atomic E-state index is 5.01. The summed E-state index contributed by atoms with van der Waals surface area (Å²) in [4.78, 5) is 0. The summed E-state index contributed by atoms with van der Waals surface area (Å²) in [6.45, 7) is 5.04. The van der Waals surface area contributed by atoms with Gasteiger partial charge in [-0.05, 0) is 31.9 Å². The van der Waals surface area contributed by atoms with Crippen LogP contribution in [0.2, 0.25) is 0 Å². The van der Waals surface area contributed by atoms with Gasteiger partial charge in [0.05, 0.1) is 0 Å². The maximum atomic E-state index is 5.01. The molecular formula is C15H23NO. The van der Waals surface area contributed by atoms with E-state index < -0.39 is 0 Å². The van der Waals surface area contributed by atoms with Crippen molar-refractivity contribution in [3.05, 3.63) is 41.5 Å². The van der Waals surface area contributed by atoms with Crippen LogP contribution in [0, 0.1) is 0 Å². The molecule has 1 aromatic rings. The lowest BCUT2D eigenvalue weighted by Gasteiger charge is -2.05. The molecule has 0 heterocycles. The van der Waals surface area contributed by atoms with E-state index in [1.54, 1.807) is 7.11 Å². The molecule has 0 aromatic heterocycles. The minimum absolute atomic E-state index is 0.862. The molecule has 2 nitrogen and oxygen atoms in total. The van der Waals surface area contributed by atoms with Crippen LogP contribution < -0.4 is 5.32 Å². The second-order valence-electron chi connectivity index (χ2n) is 4.28. The smallest absolute Gasteiger partial charge is 0.0462 e. The molecule has 0 unspecified atom stereocenters. The van der Waals surface area contributed by atoms with Crippen molar-refractivity contribution in [3.8, 4) is 0 Å². The third-order valence-electron chi connectivity index (χ3n) is 2.57. The maximum Gasteiger partial charge on any atom is 0.0462 e. The van der Waals surface area contributed by atoms with Crippen LogP contribution in [0.5, 0.6) is 0 Å². The minimum atomic E-state index is 0.862. The largest absolute Gasteiger partial charge is 0.385 e. The summed E-state index contributed by atoms with van der Waals surface area (Å²) in [7, 11) is 1.75. The lowest BCUT2D eigenvalue weighted by atomic mass is 10.1. The van der Waals surface area contributed by atoms with Gasteiger partial charge in [-0.15, -0.1) is 0 Å². The Kier molecular flexibility index (Phi) is 7.35. The topological polar surface area (TPSA) is 21.3 Å². The van der Waals surface area contributed by atoms with Gasteiger partial charge in [0.1, 0.15) is 0 Å². The summed E-state index contributed by atoms with van der Waals surface area (Å²) in [6.07, 6.45) is 4.53. The Morgan fingerprint density at radius 2 is 2.00 bits per heavy atom. The highest BCUT2D eigenvalue weighted by Crippen LogP contribution is 2.05. The molecule has 94 valence electrons. The first-order chi connectivity index (χ1) is 8.33. The minimum Gasteiger partial charge on any atom is -0.385 e. The van der Waals surface area contributed by atoms with Crippen molar-refractivity contribution >= 4 is 6.08 Å². The molecule has 1 aromatic carbocycles. The first-order valence-electron chi connectivity index (χ1n) is 6.25. The summed E-state index contributed by atoms with van der Waals surface area (Å²) in [5, 5.41) is 3.44. The molecule has 0 spiro atoms. The van der Waals surface area contributed by atoms with E-state index in [-0.39, 0.29) is 0 Å². The Hall–Kier alpha value is -1.12. The number of unbranched alkanes of at least 4 members (excludes halogenated alkanes) is 1. The van der Waals surface area contributed by atoms with Gasteiger partial charge in [-0.3, -0.25) is 0 Å². The Morgan fingerprint density at radius 1 is 1.24 bits per heavy atom. The first-order valence-corrected chi connectivity index (χ1v) is 6.25. The van der Waals surface area contributed by atoms with Crippen LogP contribution in [0.4, 0.5) is 0 Å². The SMILES string of the molecule is COCCCCNC/C(C)=C/c1ccccc1. The summed E-state index contributed by atoms with van der Waals surface area (Å²) >= 11 is 0. The first kappa shape index (κ1) is 13.9. The second-order valence-corrected chi connectivity index (χ2v) is 4.28. The van der Waals surface area contributed by atoms with Gasteiger partial charge in [-0.1, -0.05) is 42.0 Å². The predicted octanol–water partition coefficient (Wildman–Crippen LogP) is 3.11. The van der Waals surface area contributed by atoms with Crippen molar-refractivity contribution in [2.75, 3.05) is 26.8 Å². The molecule has 0 radical (unpaired) electrons. The number of hydrogen-bond donors (Lipinski definition) is 1. The number of ether oxygens (including phenoxy) is 1. The van der Waals surface area contributed by atoms with Gasteiger partial charge in [0.2, 0.25) is 0 Å². The Balaban J connectivity index is 2.17. The van der Waals surface area contributed by atoms with Crippen molar-refractivity contribution in [2.24, 2.45) is 0 Å². The lowest BCUT2D eigenvalue weighted by Crippen LogP contribution is -2.17. The van der Waals surface area contributed by atoms with E-state index >= 15 is 0 Å². The van der Waals surface area contributed by atoms with E-state index in [1.807, 2.05) is 6.07 Å². The molecule has 0 aliphatic rings. The average Bonchev–Trinajstić information content (AvgIpc) is 2.35. The van der Waals surface area contributed by atoms with Crippen molar-refractivity contribution in [3.63, 3.8) is 0 Å². The standard InChI is InChI=1S/C15H23NO/c1-14(12-15-8-4-3-5-9-15)13-16-10-6-7-11-17-2/h3-5,8-9,12,16H,6-7,10-11,13H2,1-2H3/b14-12+. The summed E-state index contributed by atoms with van der Waals surface area (Å²) in [5.41, 5.74) is 2.63. The van der Waals surface area contributed by atoms with Crippen LogP contribution in [0.3, 0.4) is 0 Å². The molecular weight excluding hydrogens is 210 g/mol. The number of methoxy groups -OCH3 is 1. The molecule has 0 aliphatic heterocycles. The average molecular weight is 233 g/mol. The molecule has 1 rings (SSSR count). The van der Waals surface area contributed by atoms with Gasteiger partial charge in [0.15, 0.2) is 0 Å². The molecule has 0 saturated carbocycles. The van der Waals surface area contributed by atoms with Crippen LogP contribution in [0.25, 0.3) is 6.08 Å². The molecule has 1 N–H and O–H groups in total. The lowest BCUT2D eigenvalue weighted by molar-refractivity contribution is 0.193. The highest BCUT2D eigenvalue weighted by molar-refractivity contribution is 5.52. The fraction of sp³-hybridized carbons (Fsp3) is 0.467. The van der Waals surface area contributed by atoms with Crippen molar-refractivity contribution in [1.29, 1.82) is 0 Å². The van der Waals surface area contributed by atoms with Crippen molar-refractivity contribution in [2.45, 2.75) is 19.8 Å². The van der Waals surface area contributed by atoms with Gasteiger partial charge in [-0.25, -0.2) is 0 Å². The predicted molar refractivity (Wildman–Crippen MR) is 74.1 cm³/mol. The zero-order chi connectivity index (χ0) is 12.3. The van der Waals surface area contributed by atoms with Crippen LogP contribution in [-0.4, -0.2) is 26.8 Å². The van der Waals surface area contributed by atoms with E-state index in [1.165, 1.54) is 17.6 Å². The highest BCUT2D eigenvalue weighted by atomic mass is 16.5. The fourth-order valence-electron chi connectivity index (χ4n) is 1.67. The van der Waals surface area contributed by atoms with Crippen LogP contribution in [0.15, 0.2) is 35.9 Å². The zero-order valence-corrected chi connectivity index (χ0v) is 10.9. The van der Waals surface area contributed by atoms with Gasteiger partial charge < -0.3 is 10.1 Å². The van der Waals surface area contributed by atoms with Crippen molar-refractivity contribution < 1.29 is 4.74 Å². The van der Waals surface area contributed by atoms with Crippen LogP contribution in [-0.2, 0) is 4.74 Å². The highest BCUT2D eigenvalue weighted by Gasteiger charge is 1.92. The monoisotopic (exact) mass is 233 g/mol. The Morgan fingerprint density at radius 3 is 2.71 bits per heavy atom. The summed E-state index contributed by atoms with van der Waals surface area (Å²) in [6, 6.07) is 10.4. The molecule has 0 fully saturated rings. The summed E-state index contributed by atoms with van der Waals surface area (Å²) < 4.78 is 5.01. The Bertz CT molecular complexity index is 319. The van der Waals surface area contributed by atoms with Gasteiger partial charge in [-0.2, -0.15) is 0 Å². The molecule has 0 aliphatic carbocycles. The number of benzene rings is 1. The van der Waals surface area contributed by atoms with Crippen LogP contribution >= 0.6 is 0 Å². The number of nitrogens with one attached hydrogen (secondary N) is 1. The molecule has 2 heteroatoms. The van der Waals surface area contributed by atoms with Gasteiger partial charge in [0, 0.05) is 20.3 Å². The van der Waals surface area contributed by atoms with Crippen molar-refractivity contribution in [1.82, 2.24) is 5.32 Å². The Labute approximate surface area is 105 Å². The molecule has 0 bridgehead atoms. The normalized spacial score (nSPS) is 11.8. The molecule has 17 heavy (non-hydrogen) atoms. The number of hydrogen-bond acceptors (Lipinski definition) is 2. The zero-order valence-electron chi connectivity index (χ0n) is 10.9. The second kappa shape index (κ2) is 8.97. The quantitative estimate of drug-likeness (QED) is 0.697. The summed E-state index contributed by atoms with van der Waals surface area (Å²) in [5.74, 6) is 0. The van der Waals surface area contributed by atoms with E-state index in [0.29, 0.717) is 0 Å². The van der Waals surface area contributed by atoms with E-state index in [4.69, 9.17) is 4.74 Å². The fourth-order valence-corrected chi connectivity index (χ4v) is 1.67. The molecule has 0 atom stereocenters. The third-order valence-corrected chi connectivity index (χ3v) is 2.57. The van der Waals surface area contributed by atoms with Crippen LogP contribution in [0.1, 0.15) is 25.3 Å². The third kappa shape index (κ3) is 6.93. The molecule has 0 saturated heterocycles.